The SMILES string of the molecule is CCCCCC1CCC(CC(=N)C2CCCCC2)CC1. The van der Waals surface area contributed by atoms with E-state index >= 15 is 0 Å². The number of hydrogen-bond acceptors (Lipinski definition) is 1. The predicted octanol–water partition coefficient (Wildman–Crippen LogP) is 6.36. The van der Waals surface area contributed by atoms with Crippen LogP contribution < -0.4 is 0 Å². The minimum Gasteiger partial charge on any atom is -0.309 e. The molecule has 116 valence electrons. The fourth-order valence-electron chi connectivity index (χ4n) is 4.34. The molecule has 2 saturated carbocycles. The van der Waals surface area contributed by atoms with E-state index in [1.54, 1.807) is 0 Å². The van der Waals surface area contributed by atoms with Crippen LogP contribution in [0.25, 0.3) is 0 Å². The first kappa shape index (κ1) is 16.0. The lowest BCUT2D eigenvalue weighted by atomic mass is 9.75. The van der Waals surface area contributed by atoms with Crippen molar-refractivity contribution < 1.29 is 0 Å². The lowest BCUT2D eigenvalue weighted by molar-refractivity contribution is 0.260. The standard InChI is InChI=1S/C19H35N/c1-2-3-5-8-16-11-13-17(14-12-16)15-19(20)18-9-6-4-7-10-18/h16-18,20H,2-15H2,1H3. The molecule has 0 atom stereocenters. The van der Waals surface area contributed by atoms with Gasteiger partial charge < -0.3 is 5.41 Å². The van der Waals surface area contributed by atoms with Crippen LogP contribution in [0.15, 0.2) is 0 Å². The number of unbranched alkanes of at least 4 members (excludes halogenated alkanes) is 2. The van der Waals surface area contributed by atoms with Crippen LogP contribution in [-0.2, 0) is 0 Å². The Morgan fingerprint density at radius 2 is 1.50 bits per heavy atom. The van der Waals surface area contributed by atoms with Crippen LogP contribution in [0.3, 0.4) is 0 Å². The summed E-state index contributed by atoms with van der Waals surface area (Å²) in [6.07, 6.45) is 19.3. The van der Waals surface area contributed by atoms with Crippen molar-refractivity contribution in [2.24, 2.45) is 17.8 Å². The Hall–Kier alpha value is -0.330. The molecule has 2 rings (SSSR count). The first-order valence-corrected chi connectivity index (χ1v) is 9.37. The predicted molar refractivity (Wildman–Crippen MR) is 88.5 cm³/mol. The molecule has 1 heteroatoms. The molecule has 2 aliphatic carbocycles. The molecule has 1 nitrogen and oxygen atoms in total. The molecule has 0 aromatic rings. The van der Waals surface area contributed by atoms with Gasteiger partial charge in [0.25, 0.3) is 0 Å². The second-order valence-corrected chi connectivity index (χ2v) is 7.45. The second-order valence-electron chi connectivity index (χ2n) is 7.45. The molecule has 0 bridgehead atoms. The van der Waals surface area contributed by atoms with E-state index < -0.39 is 0 Å². The highest BCUT2D eigenvalue weighted by Crippen LogP contribution is 2.35. The van der Waals surface area contributed by atoms with Crippen molar-refractivity contribution >= 4 is 5.71 Å². The molecule has 0 saturated heterocycles. The van der Waals surface area contributed by atoms with Gasteiger partial charge in [-0.15, -0.1) is 0 Å². The van der Waals surface area contributed by atoms with E-state index in [1.165, 1.54) is 83.5 Å². The van der Waals surface area contributed by atoms with Crippen molar-refractivity contribution in [2.75, 3.05) is 0 Å². The van der Waals surface area contributed by atoms with E-state index in [4.69, 9.17) is 5.41 Å². The van der Waals surface area contributed by atoms with Crippen molar-refractivity contribution in [3.63, 3.8) is 0 Å². The van der Waals surface area contributed by atoms with E-state index in [0.717, 1.165) is 24.0 Å². The summed E-state index contributed by atoms with van der Waals surface area (Å²) in [5.74, 6) is 2.53. The van der Waals surface area contributed by atoms with Gasteiger partial charge in [0.2, 0.25) is 0 Å². The lowest BCUT2D eigenvalue weighted by Gasteiger charge is -2.31. The molecule has 0 spiro atoms. The Kier molecular flexibility index (Phi) is 7.10. The van der Waals surface area contributed by atoms with Gasteiger partial charge in [-0.3, -0.25) is 0 Å². The molecule has 2 aliphatic rings. The highest BCUT2D eigenvalue weighted by Gasteiger charge is 2.25. The van der Waals surface area contributed by atoms with Crippen LogP contribution in [-0.4, -0.2) is 5.71 Å². The smallest absolute Gasteiger partial charge is 0.0123 e. The molecule has 0 aliphatic heterocycles. The molecule has 0 aromatic heterocycles. The van der Waals surface area contributed by atoms with Gasteiger partial charge in [0.1, 0.15) is 0 Å². The number of hydrogen-bond donors (Lipinski definition) is 1. The van der Waals surface area contributed by atoms with Gasteiger partial charge in [0.15, 0.2) is 0 Å². The first-order valence-electron chi connectivity index (χ1n) is 9.37. The monoisotopic (exact) mass is 277 g/mol. The average molecular weight is 277 g/mol. The van der Waals surface area contributed by atoms with Crippen LogP contribution in [0, 0.1) is 23.2 Å². The highest BCUT2D eigenvalue weighted by atomic mass is 14.5. The van der Waals surface area contributed by atoms with Crippen molar-refractivity contribution in [1.82, 2.24) is 0 Å². The summed E-state index contributed by atoms with van der Waals surface area (Å²) in [6.45, 7) is 2.30. The van der Waals surface area contributed by atoms with Crippen LogP contribution in [0.2, 0.25) is 0 Å². The van der Waals surface area contributed by atoms with Crippen LogP contribution in [0.4, 0.5) is 0 Å². The van der Waals surface area contributed by atoms with E-state index in [9.17, 15) is 0 Å². The molecule has 0 radical (unpaired) electrons. The average Bonchev–Trinajstić information content (AvgIpc) is 2.50. The van der Waals surface area contributed by atoms with Gasteiger partial charge in [-0.25, -0.2) is 0 Å². The van der Waals surface area contributed by atoms with E-state index in [1.807, 2.05) is 0 Å². The maximum atomic E-state index is 8.41. The van der Waals surface area contributed by atoms with Crippen LogP contribution >= 0.6 is 0 Å². The zero-order valence-corrected chi connectivity index (χ0v) is 13.6. The zero-order valence-electron chi connectivity index (χ0n) is 13.6. The largest absolute Gasteiger partial charge is 0.309 e. The van der Waals surface area contributed by atoms with Gasteiger partial charge in [0.05, 0.1) is 0 Å². The Balaban J connectivity index is 1.62. The van der Waals surface area contributed by atoms with Crippen LogP contribution in [0.5, 0.6) is 0 Å². The Labute approximate surface area is 126 Å². The third kappa shape index (κ3) is 5.22. The summed E-state index contributed by atoms with van der Waals surface area (Å²) in [5, 5.41) is 8.41. The highest BCUT2D eigenvalue weighted by molar-refractivity contribution is 5.84. The third-order valence-corrected chi connectivity index (χ3v) is 5.79. The van der Waals surface area contributed by atoms with Crippen molar-refractivity contribution in [3.05, 3.63) is 0 Å². The molecule has 0 amide bonds. The van der Waals surface area contributed by atoms with Gasteiger partial charge >= 0.3 is 0 Å². The number of rotatable bonds is 7. The third-order valence-electron chi connectivity index (χ3n) is 5.79. The normalized spacial score (nSPS) is 28.4. The first-order chi connectivity index (χ1) is 9.79. The summed E-state index contributed by atoms with van der Waals surface area (Å²) in [6, 6.07) is 0. The quantitative estimate of drug-likeness (QED) is 0.413. The summed E-state index contributed by atoms with van der Waals surface area (Å²) in [7, 11) is 0. The maximum Gasteiger partial charge on any atom is 0.0123 e. The van der Waals surface area contributed by atoms with Gasteiger partial charge in [0, 0.05) is 5.71 Å². The van der Waals surface area contributed by atoms with Gasteiger partial charge in [-0.2, -0.15) is 0 Å². The van der Waals surface area contributed by atoms with E-state index in [0.29, 0.717) is 5.92 Å². The zero-order chi connectivity index (χ0) is 14.2. The van der Waals surface area contributed by atoms with Crippen LogP contribution in [0.1, 0.15) is 96.8 Å². The summed E-state index contributed by atoms with van der Waals surface area (Å²) in [5.41, 5.74) is 1.11. The summed E-state index contributed by atoms with van der Waals surface area (Å²) >= 11 is 0. The Morgan fingerprint density at radius 1 is 0.850 bits per heavy atom. The van der Waals surface area contributed by atoms with Gasteiger partial charge in [-0.1, -0.05) is 64.7 Å². The minimum absolute atomic E-state index is 0.658. The summed E-state index contributed by atoms with van der Waals surface area (Å²) < 4.78 is 0. The fourth-order valence-corrected chi connectivity index (χ4v) is 4.34. The maximum absolute atomic E-state index is 8.41. The van der Waals surface area contributed by atoms with Crippen molar-refractivity contribution in [1.29, 1.82) is 5.41 Å². The molecule has 2 fully saturated rings. The summed E-state index contributed by atoms with van der Waals surface area (Å²) in [4.78, 5) is 0. The topological polar surface area (TPSA) is 23.9 Å². The van der Waals surface area contributed by atoms with Crippen molar-refractivity contribution in [2.45, 2.75) is 96.8 Å². The molecule has 20 heavy (non-hydrogen) atoms. The Morgan fingerprint density at radius 3 is 2.15 bits per heavy atom. The molecule has 0 unspecified atom stereocenters. The molecule has 1 N–H and O–H groups in total. The molecule has 0 heterocycles. The molecule has 0 aromatic carbocycles. The molecular formula is C19H35N. The van der Waals surface area contributed by atoms with Crippen molar-refractivity contribution in [3.8, 4) is 0 Å². The minimum atomic E-state index is 0.658. The number of nitrogens with one attached hydrogen (secondary N) is 1. The van der Waals surface area contributed by atoms with Gasteiger partial charge in [-0.05, 0) is 49.9 Å². The van der Waals surface area contributed by atoms with E-state index in [2.05, 4.69) is 6.92 Å². The fraction of sp³-hybridized carbons (Fsp3) is 0.947. The molecular weight excluding hydrogens is 242 g/mol. The Bertz CT molecular complexity index is 269. The van der Waals surface area contributed by atoms with E-state index in [-0.39, 0.29) is 0 Å². The lowest BCUT2D eigenvalue weighted by Crippen LogP contribution is -2.22. The second kappa shape index (κ2) is 8.85.